The van der Waals surface area contributed by atoms with E-state index in [2.05, 4.69) is 23.6 Å². The minimum atomic E-state index is -1.24. The van der Waals surface area contributed by atoms with Crippen LogP contribution < -0.4 is 9.80 Å². The van der Waals surface area contributed by atoms with Crippen molar-refractivity contribution in [2.45, 2.75) is 96.5 Å². The Labute approximate surface area is 265 Å². The second-order valence-electron chi connectivity index (χ2n) is 13.6. The van der Waals surface area contributed by atoms with Crippen LogP contribution in [0.4, 0.5) is 11.8 Å². The summed E-state index contributed by atoms with van der Waals surface area (Å²) in [6, 6.07) is 10.0. The number of fused-ring (bicyclic) bond motifs is 1. The van der Waals surface area contributed by atoms with Gasteiger partial charge in [-0.2, -0.15) is 4.98 Å². The fraction of sp³-hybridized carbons (Fsp3) is 0.559. The zero-order valence-corrected chi connectivity index (χ0v) is 27.3. The van der Waals surface area contributed by atoms with Crippen molar-refractivity contribution in [1.82, 2.24) is 19.9 Å². The maximum Gasteiger partial charge on any atom is 0.228 e. The first-order valence-corrected chi connectivity index (χ1v) is 15.9. The first-order chi connectivity index (χ1) is 21.3. The predicted octanol–water partition coefficient (Wildman–Crippen LogP) is 4.06. The number of anilines is 2. The molecular formula is C34H45N7O4. The van der Waals surface area contributed by atoms with Gasteiger partial charge in [-0.15, -0.1) is 0 Å². The van der Waals surface area contributed by atoms with Crippen molar-refractivity contribution in [1.29, 1.82) is 0 Å². The molecule has 2 N–H and O–H groups in total. The number of ether oxygens (including phenoxy) is 2. The molecule has 2 fully saturated rings. The highest BCUT2D eigenvalue weighted by molar-refractivity contribution is 5.88. The van der Waals surface area contributed by atoms with Crippen LogP contribution >= 0.6 is 0 Å². The highest BCUT2D eigenvalue weighted by Gasteiger charge is 2.43. The van der Waals surface area contributed by atoms with Gasteiger partial charge in [0.1, 0.15) is 22.4 Å². The van der Waals surface area contributed by atoms with Crippen LogP contribution in [0.1, 0.15) is 60.6 Å². The van der Waals surface area contributed by atoms with Gasteiger partial charge in [-0.3, -0.25) is 4.99 Å². The molecule has 11 heteroatoms. The largest absolute Gasteiger partial charge is 0.390 e. The van der Waals surface area contributed by atoms with Crippen LogP contribution in [-0.2, 0) is 15.0 Å². The molecule has 5 heterocycles. The Bertz CT molecular complexity index is 1590. The normalized spacial score (nSPS) is 28.1. The standard InChI is InChI=1S/C34H45N7O4/c1-20-16-40(17-21(2)44-20)31-27(26-11-9-8-10-12-26)36-28-29(34(24(5)42)14-25(15-35-34)13-33(6,7)43)37-32(39-30(28)38-31)41-18-22(3)45-23(4)19-41/h8-12,14-15,20-24,42-43H,13,16-19H2,1-7H3. The number of rotatable bonds is 7. The molecular weight excluding hydrogens is 570 g/mol. The lowest BCUT2D eigenvalue weighted by Gasteiger charge is -2.37. The van der Waals surface area contributed by atoms with Gasteiger partial charge in [-0.05, 0) is 60.1 Å². The highest BCUT2D eigenvalue weighted by Crippen LogP contribution is 2.41. The molecule has 1 aromatic carbocycles. The van der Waals surface area contributed by atoms with Crippen molar-refractivity contribution in [2.75, 3.05) is 36.0 Å². The second-order valence-corrected chi connectivity index (χ2v) is 13.6. The van der Waals surface area contributed by atoms with Crippen molar-refractivity contribution in [3.05, 3.63) is 47.7 Å². The summed E-state index contributed by atoms with van der Waals surface area (Å²) in [6.45, 7) is 16.0. The minimum Gasteiger partial charge on any atom is -0.390 e. The average Bonchev–Trinajstić information content (AvgIpc) is 3.39. The van der Waals surface area contributed by atoms with E-state index in [1.165, 1.54) is 0 Å². The quantitative estimate of drug-likeness (QED) is 0.401. The molecule has 0 saturated carbocycles. The molecule has 6 rings (SSSR count). The molecule has 0 radical (unpaired) electrons. The van der Waals surface area contributed by atoms with E-state index in [0.29, 0.717) is 61.1 Å². The zero-order chi connectivity index (χ0) is 32.1. The molecule has 6 unspecified atom stereocenters. The monoisotopic (exact) mass is 615 g/mol. The van der Waals surface area contributed by atoms with Crippen LogP contribution in [0, 0.1) is 0 Å². The molecule has 3 aliphatic rings. The number of aliphatic hydroxyl groups excluding tert-OH is 1. The van der Waals surface area contributed by atoms with Gasteiger partial charge in [0.05, 0.1) is 36.1 Å². The van der Waals surface area contributed by atoms with Crippen LogP contribution in [0.3, 0.4) is 0 Å². The molecule has 2 saturated heterocycles. The number of aliphatic hydroxyl groups is 2. The number of nitrogens with zero attached hydrogens (tertiary/aromatic N) is 7. The fourth-order valence-electron chi connectivity index (χ4n) is 6.75. The molecule has 0 bridgehead atoms. The molecule has 0 amide bonds. The van der Waals surface area contributed by atoms with E-state index in [1.54, 1.807) is 27.0 Å². The molecule has 2 aromatic heterocycles. The van der Waals surface area contributed by atoms with Crippen LogP contribution in [-0.4, -0.2) is 98.7 Å². The Hall–Kier alpha value is -3.51. The highest BCUT2D eigenvalue weighted by atomic mass is 16.5. The average molecular weight is 616 g/mol. The van der Waals surface area contributed by atoms with E-state index in [0.717, 1.165) is 17.0 Å². The van der Waals surface area contributed by atoms with E-state index < -0.39 is 17.2 Å². The smallest absolute Gasteiger partial charge is 0.228 e. The minimum absolute atomic E-state index is 0.0107. The third-order valence-corrected chi connectivity index (χ3v) is 8.47. The van der Waals surface area contributed by atoms with Gasteiger partial charge in [0, 0.05) is 44.4 Å². The van der Waals surface area contributed by atoms with E-state index >= 15 is 0 Å². The van der Waals surface area contributed by atoms with Crippen LogP contribution in [0.15, 0.2) is 47.0 Å². The number of benzene rings is 1. The van der Waals surface area contributed by atoms with E-state index in [4.69, 9.17) is 34.4 Å². The van der Waals surface area contributed by atoms with Crippen molar-refractivity contribution in [3.8, 4) is 11.3 Å². The van der Waals surface area contributed by atoms with Crippen LogP contribution in [0.25, 0.3) is 22.4 Å². The van der Waals surface area contributed by atoms with E-state index in [9.17, 15) is 10.2 Å². The summed E-state index contributed by atoms with van der Waals surface area (Å²) in [6.07, 6.45) is 3.08. The summed E-state index contributed by atoms with van der Waals surface area (Å²) in [7, 11) is 0. The Morgan fingerprint density at radius 2 is 1.49 bits per heavy atom. The topological polar surface area (TPSA) is 129 Å². The molecule has 240 valence electrons. The Morgan fingerprint density at radius 1 is 0.889 bits per heavy atom. The predicted molar refractivity (Wildman–Crippen MR) is 176 cm³/mol. The first kappa shape index (κ1) is 31.5. The maximum atomic E-state index is 11.4. The third kappa shape index (κ3) is 6.44. The lowest BCUT2D eigenvalue weighted by molar-refractivity contribution is -0.00583. The molecule has 6 atom stereocenters. The van der Waals surface area contributed by atoms with Gasteiger partial charge >= 0.3 is 0 Å². The van der Waals surface area contributed by atoms with E-state index in [-0.39, 0.29) is 24.4 Å². The fourth-order valence-corrected chi connectivity index (χ4v) is 6.75. The summed E-state index contributed by atoms with van der Waals surface area (Å²) < 4.78 is 12.1. The molecule has 0 aliphatic carbocycles. The second kappa shape index (κ2) is 12.0. The number of aliphatic imine (C=N–C) groups is 1. The Balaban J connectivity index is 1.62. The van der Waals surface area contributed by atoms with Gasteiger partial charge in [0.2, 0.25) is 5.95 Å². The maximum absolute atomic E-state index is 11.4. The molecule has 11 nitrogen and oxygen atoms in total. The number of hydrogen-bond acceptors (Lipinski definition) is 11. The molecule has 0 spiro atoms. The first-order valence-electron chi connectivity index (χ1n) is 15.9. The van der Waals surface area contributed by atoms with Crippen molar-refractivity contribution >= 4 is 29.1 Å². The van der Waals surface area contributed by atoms with Crippen molar-refractivity contribution < 1.29 is 19.7 Å². The van der Waals surface area contributed by atoms with Gasteiger partial charge < -0.3 is 29.5 Å². The summed E-state index contributed by atoms with van der Waals surface area (Å²) in [5.41, 5.74) is 1.63. The molecule has 3 aliphatic heterocycles. The van der Waals surface area contributed by atoms with Gasteiger partial charge in [0.15, 0.2) is 11.5 Å². The van der Waals surface area contributed by atoms with Crippen molar-refractivity contribution in [2.24, 2.45) is 4.99 Å². The van der Waals surface area contributed by atoms with E-state index in [1.807, 2.05) is 50.3 Å². The third-order valence-electron chi connectivity index (χ3n) is 8.47. The lowest BCUT2D eigenvalue weighted by atomic mass is 9.87. The molecule has 3 aromatic rings. The number of morpholine rings is 2. The summed E-state index contributed by atoms with van der Waals surface area (Å²) >= 11 is 0. The van der Waals surface area contributed by atoms with Gasteiger partial charge in [-0.1, -0.05) is 30.3 Å². The molecule has 45 heavy (non-hydrogen) atoms. The van der Waals surface area contributed by atoms with Crippen LogP contribution in [0.5, 0.6) is 0 Å². The summed E-state index contributed by atoms with van der Waals surface area (Å²) in [5.74, 6) is 1.23. The zero-order valence-electron chi connectivity index (χ0n) is 27.3. The Morgan fingerprint density at radius 3 is 2.07 bits per heavy atom. The van der Waals surface area contributed by atoms with Crippen LogP contribution in [0.2, 0.25) is 0 Å². The van der Waals surface area contributed by atoms with Gasteiger partial charge in [0.25, 0.3) is 0 Å². The number of aromatic nitrogens is 4. The van der Waals surface area contributed by atoms with Crippen molar-refractivity contribution in [3.63, 3.8) is 0 Å². The SMILES string of the molecule is CC1CN(c2nc(C3(C(C)O)C=C(CC(C)(C)O)C=N3)c3nc(-c4ccccc4)c(N4CC(C)OC(C)C4)nc3n2)CC(C)O1. The summed E-state index contributed by atoms with van der Waals surface area (Å²) in [4.78, 5) is 29.9. The Kier molecular flexibility index (Phi) is 8.40. The number of hydrogen-bond donors (Lipinski definition) is 2. The van der Waals surface area contributed by atoms with Gasteiger partial charge in [-0.25, -0.2) is 15.0 Å². The summed E-state index contributed by atoms with van der Waals surface area (Å²) in [5, 5.41) is 22.0. The lowest BCUT2D eigenvalue weighted by Crippen LogP contribution is -2.47.